The largest absolute Gasteiger partial charge is 0.492 e. The molecular formula is C13H17NO5S. The molecule has 1 aliphatic heterocycles. The van der Waals surface area contributed by atoms with E-state index in [4.69, 9.17) is 14.6 Å². The molecule has 1 heterocycles. The van der Waals surface area contributed by atoms with Gasteiger partial charge in [-0.05, 0) is 24.1 Å². The van der Waals surface area contributed by atoms with Crippen molar-refractivity contribution in [1.82, 2.24) is 0 Å². The Morgan fingerprint density at radius 3 is 2.80 bits per heavy atom. The Balaban J connectivity index is 2.25. The molecule has 0 fully saturated rings. The van der Waals surface area contributed by atoms with Gasteiger partial charge in [0.2, 0.25) is 10.0 Å². The lowest BCUT2D eigenvalue weighted by atomic mass is 10.0. The number of hydrogen-bond acceptors (Lipinski definition) is 5. The molecule has 1 aromatic carbocycles. The topological polar surface area (TPSA) is 95.7 Å². The quantitative estimate of drug-likeness (QED) is 0.837. The molecule has 0 aromatic heterocycles. The molecular weight excluding hydrogens is 282 g/mol. The number of carbonyl (C=O) groups is 1. The SMILES string of the molecule is CC(C)COC(=O)C1COc2ccc(S(N)(=O)=O)cc21. The first-order valence-electron chi connectivity index (χ1n) is 6.25. The minimum absolute atomic E-state index is 0.0385. The molecule has 6 nitrogen and oxygen atoms in total. The Bertz CT molecular complexity index is 624. The van der Waals surface area contributed by atoms with Gasteiger partial charge in [0.15, 0.2) is 0 Å². The third kappa shape index (κ3) is 3.10. The van der Waals surface area contributed by atoms with Gasteiger partial charge in [-0.3, -0.25) is 4.79 Å². The maximum absolute atomic E-state index is 12.0. The van der Waals surface area contributed by atoms with Crippen molar-refractivity contribution in [3.8, 4) is 5.75 Å². The highest BCUT2D eigenvalue weighted by Crippen LogP contribution is 2.36. The summed E-state index contributed by atoms with van der Waals surface area (Å²) in [4.78, 5) is 12.0. The van der Waals surface area contributed by atoms with E-state index >= 15 is 0 Å². The molecule has 1 unspecified atom stereocenters. The summed E-state index contributed by atoms with van der Waals surface area (Å²) in [6.07, 6.45) is 0. The number of esters is 1. The Kier molecular flexibility index (Phi) is 4.01. The summed E-state index contributed by atoms with van der Waals surface area (Å²) in [7, 11) is -3.81. The van der Waals surface area contributed by atoms with Gasteiger partial charge in [0.05, 0.1) is 11.5 Å². The van der Waals surface area contributed by atoms with Gasteiger partial charge in [0.25, 0.3) is 0 Å². The summed E-state index contributed by atoms with van der Waals surface area (Å²) < 4.78 is 33.2. The summed E-state index contributed by atoms with van der Waals surface area (Å²) in [5.74, 6) is -0.296. The van der Waals surface area contributed by atoms with Crippen LogP contribution in [0.3, 0.4) is 0 Å². The molecule has 2 rings (SSSR count). The number of sulfonamides is 1. The molecule has 1 atom stereocenters. The molecule has 1 aromatic rings. The highest BCUT2D eigenvalue weighted by atomic mass is 32.2. The van der Waals surface area contributed by atoms with Crippen LogP contribution < -0.4 is 9.88 Å². The molecule has 0 spiro atoms. The van der Waals surface area contributed by atoms with Crippen LogP contribution in [0.4, 0.5) is 0 Å². The monoisotopic (exact) mass is 299 g/mol. The number of fused-ring (bicyclic) bond motifs is 1. The Labute approximate surface area is 117 Å². The van der Waals surface area contributed by atoms with Crippen molar-refractivity contribution >= 4 is 16.0 Å². The summed E-state index contributed by atoms with van der Waals surface area (Å²) >= 11 is 0. The lowest BCUT2D eigenvalue weighted by molar-refractivity contribution is -0.146. The number of hydrogen-bond donors (Lipinski definition) is 1. The molecule has 110 valence electrons. The molecule has 0 amide bonds. The van der Waals surface area contributed by atoms with Gasteiger partial charge >= 0.3 is 5.97 Å². The second-order valence-electron chi connectivity index (χ2n) is 5.13. The van der Waals surface area contributed by atoms with Crippen LogP contribution in [-0.2, 0) is 19.6 Å². The predicted octanol–water partition coefficient (Wildman–Crippen LogP) is 1.01. The molecule has 0 bridgehead atoms. The Hall–Kier alpha value is -1.60. The lowest BCUT2D eigenvalue weighted by Gasteiger charge is -2.11. The fourth-order valence-corrected chi connectivity index (χ4v) is 2.46. The first kappa shape index (κ1) is 14.8. The first-order chi connectivity index (χ1) is 9.29. The summed E-state index contributed by atoms with van der Waals surface area (Å²) in [5, 5.41) is 5.09. The lowest BCUT2D eigenvalue weighted by Crippen LogP contribution is -2.20. The van der Waals surface area contributed by atoms with Crippen LogP contribution in [0.25, 0.3) is 0 Å². The number of ether oxygens (including phenoxy) is 2. The number of nitrogens with two attached hydrogens (primary N) is 1. The molecule has 0 radical (unpaired) electrons. The highest BCUT2D eigenvalue weighted by Gasteiger charge is 2.32. The van der Waals surface area contributed by atoms with Crippen molar-refractivity contribution in [2.45, 2.75) is 24.7 Å². The maximum Gasteiger partial charge on any atom is 0.317 e. The van der Waals surface area contributed by atoms with Gasteiger partial charge in [0, 0.05) is 5.56 Å². The van der Waals surface area contributed by atoms with Gasteiger partial charge in [0.1, 0.15) is 18.3 Å². The predicted molar refractivity (Wildman–Crippen MR) is 71.8 cm³/mol. The first-order valence-corrected chi connectivity index (χ1v) is 7.80. The van der Waals surface area contributed by atoms with Crippen LogP contribution in [0.2, 0.25) is 0 Å². The molecule has 20 heavy (non-hydrogen) atoms. The smallest absolute Gasteiger partial charge is 0.317 e. The van der Waals surface area contributed by atoms with Crippen molar-refractivity contribution in [3.63, 3.8) is 0 Å². The number of primary sulfonamides is 1. The van der Waals surface area contributed by atoms with E-state index in [1.54, 1.807) is 0 Å². The minimum atomic E-state index is -3.81. The van der Waals surface area contributed by atoms with Gasteiger partial charge < -0.3 is 9.47 Å². The normalized spacial score (nSPS) is 17.7. The summed E-state index contributed by atoms with van der Waals surface area (Å²) in [6.45, 7) is 4.34. The van der Waals surface area contributed by atoms with E-state index in [-0.39, 0.29) is 17.4 Å². The van der Waals surface area contributed by atoms with Crippen molar-refractivity contribution in [2.75, 3.05) is 13.2 Å². The van der Waals surface area contributed by atoms with E-state index in [2.05, 4.69) is 0 Å². The Morgan fingerprint density at radius 2 is 2.20 bits per heavy atom. The number of carbonyl (C=O) groups excluding carboxylic acids is 1. The van der Waals surface area contributed by atoms with E-state index < -0.39 is 21.9 Å². The van der Waals surface area contributed by atoms with Crippen LogP contribution in [0.5, 0.6) is 5.75 Å². The van der Waals surface area contributed by atoms with Gasteiger partial charge in [-0.25, -0.2) is 13.6 Å². The van der Waals surface area contributed by atoms with Crippen molar-refractivity contribution in [2.24, 2.45) is 11.1 Å². The average molecular weight is 299 g/mol. The fourth-order valence-electron chi connectivity index (χ4n) is 1.91. The van der Waals surface area contributed by atoms with Crippen LogP contribution in [0.15, 0.2) is 23.1 Å². The molecule has 2 N–H and O–H groups in total. The van der Waals surface area contributed by atoms with E-state index in [1.807, 2.05) is 13.8 Å². The zero-order valence-electron chi connectivity index (χ0n) is 11.3. The van der Waals surface area contributed by atoms with Gasteiger partial charge in [-0.15, -0.1) is 0 Å². The highest BCUT2D eigenvalue weighted by molar-refractivity contribution is 7.89. The second kappa shape index (κ2) is 5.41. The molecule has 0 saturated carbocycles. The van der Waals surface area contributed by atoms with E-state index in [9.17, 15) is 13.2 Å². The van der Waals surface area contributed by atoms with E-state index in [1.165, 1.54) is 18.2 Å². The number of benzene rings is 1. The minimum Gasteiger partial charge on any atom is -0.492 e. The summed E-state index contributed by atoms with van der Waals surface area (Å²) in [6, 6.07) is 4.24. The van der Waals surface area contributed by atoms with Gasteiger partial charge in [-0.1, -0.05) is 13.8 Å². The van der Waals surface area contributed by atoms with Crippen molar-refractivity contribution < 1.29 is 22.7 Å². The van der Waals surface area contributed by atoms with Crippen LogP contribution in [0.1, 0.15) is 25.3 Å². The van der Waals surface area contributed by atoms with Crippen molar-refractivity contribution in [3.05, 3.63) is 23.8 Å². The molecule has 0 aliphatic carbocycles. The fraction of sp³-hybridized carbons (Fsp3) is 0.462. The van der Waals surface area contributed by atoms with Crippen molar-refractivity contribution in [1.29, 1.82) is 0 Å². The maximum atomic E-state index is 12.0. The summed E-state index contributed by atoms with van der Waals surface area (Å²) in [5.41, 5.74) is 0.505. The third-order valence-electron chi connectivity index (χ3n) is 2.93. The van der Waals surface area contributed by atoms with E-state index in [0.29, 0.717) is 17.9 Å². The number of rotatable bonds is 4. The zero-order valence-corrected chi connectivity index (χ0v) is 12.1. The average Bonchev–Trinajstić information content (AvgIpc) is 2.77. The molecule has 7 heteroatoms. The standard InChI is InChI=1S/C13H17NO5S/c1-8(2)6-19-13(15)11-7-18-12-4-3-9(5-10(11)12)20(14,16)17/h3-5,8,11H,6-7H2,1-2H3,(H2,14,16,17). The third-order valence-corrected chi connectivity index (χ3v) is 3.85. The second-order valence-corrected chi connectivity index (χ2v) is 6.69. The zero-order chi connectivity index (χ0) is 14.9. The van der Waals surface area contributed by atoms with Crippen LogP contribution in [-0.4, -0.2) is 27.6 Å². The Morgan fingerprint density at radius 1 is 1.50 bits per heavy atom. The van der Waals surface area contributed by atoms with Crippen LogP contribution >= 0.6 is 0 Å². The van der Waals surface area contributed by atoms with Gasteiger partial charge in [-0.2, -0.15) is 0 Å². The van der Waals surface area contributed by atoms with Crippen LogP contribution in [0, 0.1) is 5.92 Å². The molecule has 1 aliphatic rings. The van der Waals surface area contributed by atoms with E-state index in [0.717, 1.165) is 0 Å². The molecule has 0 saturated heterocycles.